The molecule has 2 aromatic carbocycles. The number of aliphatic imine (C=N–C) groups is 1. The van der Waals surface area contributed by atoms with Gasteiger partial charge in [0, 0.05) is 35.7 Å². The summed E-state index contributed by atoms with van der Waals surface area (Å²) in [6.07, 6.45) is 2.43. The molecule has 0 saturated heterocycles. The molecule has 1 aliphatic heterocycles. The van der Waals surface area contributed by atoms with E-state index in [0.717, 1.165) is 29.8 Å². The van der Waals surface area contributed by atoms with Crippen molar-refractivity contribution in [3.8, 4) is 11.5 Å². The van der Waals surface area contributed by atoms with Gasteiger partial charge < -0.3 is 4.74 Å². The van der Waals surface area contributed by atoms with Gasteiger partial charge in [0.15, 0.2) is 5.78 Å². The van der Waals surface area contributed by atoms with Crippen LogP contribution in [0, 0.1) is 16.7 Å². The number of carbonyl (C=O) groups excluding carboxylic acids is 2. The van der Waals surface area contributed by atoms with Crippen LogP contribution in [0.25, 0.3) is 0 Å². The number of benzene rings is 2. The molecule has 2 aromatic rings. The Hall–Kier alpha value is -2.72. The van der Waals surface area contributed by atoms with E-state index in [2.05, 4.69) is 27.7 Å². The number of rotatable bonds is 3. The number of ether oxygens (including phenoxy) is 1. The Balaban J connectivity index is 1.64. The van der Waals surface area contributed by atoms with Crippen molar-refractivity contribution in [3.63, 3.8) is 0 Å². The average molecular weight is 476 g/mol. The number of nitrogens with zero attached hydrogens (tertiary/aromatic N) is 1. The molecule has 0 aromatic heterocycles. The normalized spacial score (nSPS) is 25.4. The molecule has 2 aliphatic carbocycles. The minimum Gasteiger partial charge on any atom is -0.456 e. The Bertz CT molecular complexity index is 1240. The van der Waals surface area contributed by atoms with Gasteiger partial charge in [0.2, 0.25) is 0 Å². The molecule has 2 unspecified atom stereocenters. The van der Waals surface area contributed by atoms with Crippen molar-refractivity contribution in [2.45, 2.75) is 59.3 Å². The maximum Gasteiger partial charge on any atom is 0.161 e. The van der Waals surface area contributed by atoms with Crippen LogP contribution in [0.2, 0.25) is 5.02 Å². The summed E-state index contributed by atoms with van der Waals surface area (Å²) >= 11 is 6.50. The predicted octanol–water partition coefficient (Wildman–Crippen LogP) is 7.32. The fraction of sp³-hybridized carbons (Fsp3) is 0.414. The third-order valence-electron chi connectivity index (χ3n) is 7.12. The monoisotopic (exact) mass is 475 g/mol. The number of para-hydroxylation sites is 1. The molecule has 0 radical (unpaired) electrons. The van der Waals surface area contributed by atoms with Gasteiger partial charge in [-0.1, -0.05) is 63.6 Å². The Kier molecular flexibility index (Phi) is 5.55. The summed E-state index contributed by atoms with van der Waals surface area (Å²) in [6.45, 7) is 8.46. The highest BCUT2D eigenvalue weighted by Crippen LogP contribution is 2.52. The Morgan fingerprint density at radius 1 is 0.882 bits per heavy atom. The first kappa shape index (κ1) is 23.0. The van der Waals surface area contributed by atoms with Gasteiger partial charge in [-0.05, 0) is 53.5 Å². The Labute approximate surface area is 206 Å². The van der Waals surface area contributed by atoms with Crippen molar-refractivity contribution in [3.05, 3.63) is 70.4 Å². The minimum absolute atomic E-state index is 0.0946. The van der Waals surface area contributed by atoms with Gasteiger partial charge in [-0.15, -0.1) is 0 Å². The number of halogens is 1. The standard InChI is InChI=1S/C29H30ClNO3/c1-28(2)13-20-26(22(32)15-28)25(27-21(31-20)14-29(3,4)16-23(27)33)17-10-11-19(30)24(12-17)34-18-8-6-5-7-9-18/h5-12,25-26H,13-16H2,1-4H3. The van der Waals surface area contributed by atoms with Crippen molar-refractivity contribution in [2.75, 3.05) is 0 Å². The summed E-state index contributed by atoms with van der Waals surface area (Å²) in [5, 5.41) is 0.485. The molecule has 0 amide bonds. The van der Waals surface area contributed by atoms with E-state index in [1.54, 1.807) is 6.07 Å². The summed E-state index contributed by atoms with van der Waals surface area (Å²) in [6, 6.07) is 15.1. The first-order valence-electron chi connectivity index (χ1n) is 11.9. The van der Waals surface area contributed by atoms with Crippen molar-refractivity contribution < 1.29 is 14.3 Å². The van der Waals surface area contributed by atoms with Crippen LogP contribution in [0.15, 0.2) is 64.8 Å². The molecule has 5 rings (SSSR count). The van der Waals surface area contributed by atoms with E-state index >= 15 is 0 Å². The number of Topliss-reactive ketones (excluding diaryl/α,β-unsaturated/α-hetero) is 2. The molecular formula is C29H30ClNO3. The zero-order valence-corrected chi connectivity index (χ0v) is 20.9. The predicted molar refractivity (Wildman–Crippen MR) is 135 cm³/mol. The number of allylic oxidation sites excluding steroid dienone is 2. The molecule has 5 heteroatoms. The third kappa shape index (κ3) is 4.24. The molecule has 1 heterocycles. The van der Waals surface area contributed by atoms with Crippen LogP contribution < -0.4 is 4.74 Å². The van der Waals surface area contributed by atoms with Crippen LogP contribution >= 0.6 is 11.6 Å². The maximum atomic E-state index is 13.5. The fourth-order valence-electron chi connectivity index (χ4n) is 5.78. The summed E-state index contributed by atoms with van der Waals surface area (Å²) in [5.74, 6) is 0.677. The molecule has 2 atom stereocenters. The minimum atomic E-state index is -0.414. The second-order valence-electron chi connectivity index (χ2n) is 11.4. The number of fused-ring (bicyclic) bond motifs is 1. The highest BCUT2D eigenvalue weighted by molar-refractivity contribution is 6.32. The van der Waals surface area contributed by atoms with E-state index in [1.165, 1.54) is 0 Å². The van der Waals surface area contributed by atoms with Crippen molar-refractivity contribution in [2.24, 2.45) is 21.7 Å². The van der Waals surface area contributed by atoms with Crippen LogP contribution in [0.4, 0.5) is 0 Å². The summed E-state index contributed by atoms with van der Waals surface area (Å²) in [4.78, 5) is 32.0. The van der Waals surface area contributed by atoms with Crippen molar-refractivity contribution >= 4 is 28.9 Å². The van der Waals surface area contributed by atoms with E-state index in [9.17, 15) is 9.59 Å². The average Bonchev–Trinajstić information content (AvgIpc) is 2.73. The van der Waals surface area contributed by atoms with Gasteiger partial charge in [-0.2, -0.15) is 0 Å². The molecule has 1 saturated carbocycles. The number of ketones is 2. The first-order valence-corrected chi connectivity index (χ1v) is 12.3. The quantitative estimate of drug-likeness (QED) is 0.467. The van der Waals surface area contributed by atoms with E-state index in [-0.39, 0.29) is 28.3 Å². The van der Waals surface area contributed by atoms with Crippen LogP contribution in [-0.4, -0.2) is 17.3 Å². The summed E-state index contributed by atoms with van der Waals surface area (Å²) in [7, 11) is 0. The molecule has 0 spiro atoms. The molecule has 4 nitrogen and oxygen atoms in total. The van der Waals surface area contributed by atoms with Crippen LogP contribution in [0.3, 0.4) is 0 Å². The number of hydrogen-bond donors (Lipinski definition) is 0. The smallest absolute Gasteiger partial charge is 0.161 e. The zero-order chi connectivity index (χ0) is 24.3. The Morgan fingerprint density at radius 2 is 1.59 bits per heavy atom. The van der Waals surface area contributed by atoms with Crippen molar-refractivity contribution in [1.29, 1.82) is 0 Å². The lowest BCUT2D eigenvalue weighted by Crippen LogP contribution is -2.45. The van der Waals surface area contributed by atoms with E-state index in [1.807, 2.05) is 42.5 Å². The second-order valence-corrected chi connectivity index (χ2v) is 11.9. The largest absolute Gasteiger partial charge is 0.456 e. The molecule has 3 aliphatic rings. The fourth-order valence-corrected chi connectivity index (χ4v) is 5.93. The van der Waals surface area contributed by atoms with E-state index in [4.69, 9.17) is 21.3 Å². The highest BCUT2D eigenvalue weighted by atomic mass is 35.5. The topological polar surface area (TPSA) is 55.7 Å². The first-order chi connectivity index (χ1) is 16.0. The van der Waals surface area contributed by atoms with E-state index < -0.39 is 5.92 Å². The van der Waals surface area contributed by atoms with E-state index in [0.29, 0.717) is 34.9 Å². The summed E-state index contributed by atoms with van der Waals surface area (Å²) < 4.78 is 6.08. The number of hydrogen-bond acceptors (Lipinski definition) is 4. The molecular weight excluding hydrogens is 446 g/mol. The van der Waals surface area contributed by atoms with Gasteiger partial charge in [0.25, 0.3) is 0 Å². The van der Waals surface area contributed by atoms with Crippen molar-refractivity contribution in [1.82, 2.24) is 0 Å². The van der Waals surface area contributed by atoms with Crippen LogP contribution in [-0.2, 0) is 9.59 Å². The second kappa shape index (κ2) is 8.20. The lowest BCUT2D eigenvalue weighted by Gasteiger charge is -2.44. The lowest BCUT2D eigenvalue weighted by molar-refractivity contribution is -0.124. The molecule has 1 fully saturated rings. The molecule has 34 heavy (non-hydrogen) atoms. The highest BCUT2D eigenvalue weighted by Gasteiger charge is 2.49. The van der Waals surface area contributed by atoms with Gasteiger partial charge in [0.05, 0.1) is 10.9 Å². The van der Waals surface area contributed by atoms with Gasteiger partial charge in [0.1, 0.15) is 17.3 Å². The molecule has 0 bridgehead atoms. The zero-order valence-electron chi connectivity index (χ0n) is 20.2. The SMILES string of the molecule is CC1(C)CC(=O)C2C(=NC3=C(C(=O)CC(C)(C)C3)C2c2ccc(Cl)c(Oc3ccccc3)c2)C1. The van der Waals surface area contributed by atoms with Gasteiger partial charge in [-0.25, -0.2) is 0 Å². The van der Waals surface area contributed by atoms with Gasteiger partial charge >= 0.3 is 0 Å². The summed E-state index contributed by atoms with van der Waals surface area (Å²) in [5.41, 5.74) is 3.06. The lowest BCUT2D eigenvalue weighted by atomic mass is 9.60. The maximum absolute atomic E-state index is 13.5. The third-order valence-corrected chi connectivity index (χ3v) is 7.44. The Morgan fingerprint density at radius 3 is 2.32 bits per heavy atom. The number of carbonyl (C=O) groups is 2. The van der Waals surface area contributed by atoms with Crippen LogP contribution in [0.5, 0.6) is 11.5 Å². The molecule has 176 valence electrons. The molecule has 0 N–H and O–H groups in total. The van der Waals surface area contributed by atoms with Gasteiger partial charge in [-0.3, -0.25) is 14.6 Å². The van der Waals surface area contributed by atoms with Crippen LogP contribution in [0.1, 0.15) is 64.9 Å².